The number of hydrogen-bond acceptors (Lipinski definition) is 5. The van der Waals surface area contributed by atoms with Crippen LogP contribution in [-0.4, -0.2) is 24.1 Å². The van der Waals surface area contributed by atoms with E-state index in [1.807, 2.05) is 28.7 Å². The van der Waals surface area contributed by atoms with Gasteiger partial charge in [0, 0.05) is 5.69 Å². The molecule has 0 saturated heterocycles. The molecule has 0 atom stereocenters. The Balaban J connectivity index is 1.82. The van der Waals surface area contributed by atoms with Crippen molar-refractivity contribution in [3.8, 4) is 17.6 Å². The third-order valence-corrected chi connectivity index (χ3v) is 5.37. The molecule has 0 aliphatic carbocycles. The Morgan fingerprint density at radius 2 is 1.94 bits per heavy atom. The summed E-state index contributed by atoms with van der Waals surface area (Å²) < 4.78 is 25.3. The predicted octanol–water partition coefficient (Wildman–Crippen LogP) is 5.26. The molecule has 9 heteroatoms. The zero-order valence-corrected chi connectivity index (χ0v) is 20.0. The number of anilines is 1. The monoisotopic (exact) mass is 572 g/mol. The largest absolute Gasteiger partial charge is 0.493 e. The minimum atomic E-state index is -1.13. The van der Waals surface area contributed by atoms with Crippen molar-refractivity contribution in [3.63, 3.8) is 0 Å². The van der Waals surface area contributed by atoms with Crippen LogP contribution in [0.4, 0.5) is 10.1 Å². The summed E-state index contributed by atoms with van der Waals surface area (Å²) in [5.74, 6) is -1.36. The number of carboxylic acid groups (broad SMARTS) is 1. The van der Waals surface area contributed by atoms with Crippen LogP contribution in [0.2, 0.25) is 0 Å². The molecule has 1 amide bonds. The summed E-state index contributed by atoms with van der Waals surface area (Å²) in [7, 11) is 1.46. The van der Waals surface area contributed by atoms with Crippen LogP contribution in [0.1, 0.15) is 21.5 Å². The number of ether oxygens (including phenoxy) is 2. The minimum Gasteiger partial charge on any atom is -0.493 e. The van der Waals surface area contributed by atoms with E-state index in [4.69, 9.17) is 14.6 Å². The van der Waals surface area contributed by atoms with Gasteiger partial charge in [0.25, 0.3) is 5.91 Å². The average Bonchev–Trinajstić information content (AvgIpc) is 2.81. The van der Waals surface area contributed by atoms with E-state index in [0.717, 1.165) is 0 Å². The molecule has 0 spiro atoms. The lowest BCUT2D eigenvalue weighted by molar-refractivity contribution is -0.112. The zero-order valence-electron chi connectivity index (χ0n) is 17.8. The van der Waals surface area contributed by atoms with Crippen molar-refractivity contribution in [2.75, 3.05) is 12.4 Å². The second-order valence-electron chi connectivity index (χ2n) is 6.96. The molecular formula is C25H18FIN2O5. The summed E-state index contributed by atoms with van der Waals surface area (Å²) in [4.78, 5) is 23.7. The number of benzene rings is 3. The van der Waals surface area contributed by atoms with Gasteiger partial charge in [-0.3, -0.25) is 4.79 Å². The summed E-state index contributed by atoms with van der Waals surface area (Å²) in [6, 6.07) is 16.9. The third kappa shape index (κ3) is 6.32. The molecule has 3 aromatic rings. The van der Waals surface area contributed by atoms with Crippen molar-refractivity contribution in [1.29, 1.82) is 5.26 Å². The van der Waals surface area contributed by atoms with Crippen LogP contribution in [0.25, 0.3) is 6.08 Å². The van der Waals surface area contributed by atoms with Crippen LogP contribution in [-0.2, 0) is 11.4 Å². The number of carbonyl (C=O) groups is 2. The molecule has 7 nitrogen and oxygen atoms in total. The van der Waals surface area contributed by atoms with Crippen LogP contribution in [0, 0.1) is 20.7 Å². The molecule has 3 aromatic carbocycles. The second kappa shape index (κ2) is 11.3. The first-order valence-electron chi connectivity index (χ1n) is 9.82. The van der Waals surface area contributed by atoms with E-state index in [1.54, 1.807) is 24.3 Å². The van der Waals surface area contributed by atoms with Crippen LogP contribution in [0.15, 0.2) is 66.2 Å². The molecule has 3 rings (SSSR count). The van der Waals surface area contributed by atoms with Gasteiger partial charge in [-0.2, -0.15) is 5.26 Å². The Labute approximate surface area is 208 Å². The van der Waals surface area contributed by atoms with Gasteiger partial charge in [-0.15, -0.1) is 0 Å². The SMILES string of the molecule is COc1cc(/C=C(/C#N)C(=O)Nc2cccc(C(=O)O)c2)cc(I)c1OCc1cccc(F)c1. The van der Waals surface area contributed by atoms with Crippen LogP contribution in [0.5, 0.6) is 11.5 Å². The number of carbonyl (C=O) groups excluding carboxylic acids is 1. The van der Waals surface area contributed by atoms with Crippen molar-refractivity contribution in [2.24, 2.45) is 0 Å². The molecular weight excluding hydrogens is 554 g/mol. The first-order chi connectivity index (χ1) is 16.3. The summed E-state index contributed by atoms with van der Waals surface area (Å²) in [5, 5.41) is 21.1. The first-order valence-corrected chi connectivity index (χ1v) is 10.9. The first kappa shape index (κ1) is 24.7. The summed E-state index contributed by atoms with van der Waals surface area (Å²) in [5.41, 5.74) is 1.24. The lowest BCUT2D eigenvalue weighted by Gasteiger charge is -2.14. The molecule has 0 heterocycles. The maximum Gasteiger partial charge on any atom is 0.335 e. The summed E-state index contributed by atoms with van der Waals surface area (Å²) in [6.45, 7) is 0.126. The standard InChI is InChI=1S/C25H18FIN2O5/c1-33-22-11-16(10-21(27)23(22)34-14-15-4-2-6-19(26)9-15)8-18(13-28)24(30)29-20-7-3-5-17(12-20)25(31)32/h2-12H,14H2,1H3,(H,29,30)(H,31,32)/b18-8-. The number of aromatic carboxylic acids is 1. The molecule has 0 fully saturated rings. The number of halogens is 2. The highest BCUT2D eigenvalue weighted by Gasteiger charge is 2.15. The van der Waals surface area contributed by atoms with E-state index in [9.17, 15) is 19.2 Å². The molecule has 0 aliphatic heterocycles. The van der Waals surface area contributed by atoms with Crippen molar-refractivity contribution >= 4 is 46.2 Å². The van der Waals surface area contributed by atoms with Crippen LogP contribution >= 0.6 is 22.6 Å². The molecule has 0 bridgehead atoms. The smallest absolute Gasteiger partial charge is 0.335 e. The Morgan fingerprint density at radius 3 is 2.62 bits per heavy atom. The molecule has 0 unspecified atom stereocenters. The van der Waals surface area contributed by atoms with Crippen LogP contribution < -0.4 is 14.8 Å². The minimum absolute atomic E-state index is 0.00778. The molecule has 0 saturated carbocycles. The molecule has 2 N–H and O–H groups in total. The number of amides is 1. The fourth-order valence-electron chi connectivity index (χ4n) is 2.99. The lowest BCUT2D eigenvalue weighted by atomic mass is 10.1. The third-order valence-electron chi connectivity index (χ3n) is 4.57. The fourth-order valence-corrected chi connectivity index (χ4v) is 3.77. The van der Waals surface area contributed by atoms with E-state index < -0.39 is 11.9 Å². The van der Waals surface area contributed by atoms with E-state index in [0.29, 0.717) is 26.2 Å². The lowest BCUT2D eigenvalue weighted by Crippen LogP contribution is -2.14. The van der Waals surface area contributed by atoms with E-state index >= 15 is 0 Å². The van der Waals surface area contributed by atoms with Gasteiger partial charge >= 0.3 is 5.97 Å². The van der Waals surface area contributed by atoms with Gasteiger partial charge in [0.15, 0.2) is 11.5 Å². The number of methoxy groups -OCH3 is 1. The van der Waals surface area contributed by atoms with Gasteiger partial charge in [-0.25, -0.2) is 9.18 Å². The number of nitrogens with one attached hydrogen (secondary N) is 1. The van der Waals surface area contributed by atoms with Crippen molar-refractivity contribution in [3.05, 3.63) is 92.3 Å². The average molecular weight is 572 g/mol. The van der Waals surface area contributed by atoms with Crippen molar-refractivity contribution < 1.29 is 28.6 Å². The Kier molecular flexibility index (Phi) is 8.21. The second-order valence-corrected chi connectivity index (χ2v) is 8.12. The number of rotatable bonds is 8. The molecule has 34 heavy (non-hydrogen) atoms. The molecule has 0 aromatic heterocycles. The Morgan fingerprint density at radius 1 is 1.18 bits per heavy atom. The van der Waals surface area contributed by atoms with Gasteiger partial charge in [0.1, 0.15) is 24.1 Å². The van der Waals surface area contributed by atoms with E-state index in [2.05, 4.69) is 5.32 Å². The highest BCUT2D eigenvalue weighted by atomic mass is 127. The van der Waals surface area contributed by atoms with Gasteiger partial charge in [0.2, 0.25) is 0 Å². The normalized spacial score (nSPS) is 10.8. The number of hydrogen-bond donors (Lipinski definition) is 2. The number of nitrogens with zero attached hydrogens (tertiary/aromatic N) is 1. The zero-order chi connectivity index (χ0) is 24.7. The van der Waals surface area contributed by atoms with Gasteiger partial charge in [-0.1, -0.05) is 18.2 Å². The van der Waals surface area contributed by atoms with Gasteiger partial charge in [0.05, 0.1) is 16.2 Å². The van der Waals surface area contributed by atoms with Crippen molar-refractivity contribution in [2.45, 2.75) is 6.61 Å². The number of nitriles is 1. The molecule has 172 valence electrons. The Bertz CT molecular complexity index is 1320. The maximum absolute atomic E-state index is 13.4. The predicted molar refractivity (Wildman–Crippen MR) is 132 cm³/mol. The van der Waals surface area contributed by atoms with Gasteiger partial charge < -0.3 is 19.9 Å². The van der Waals surface area contributed by atoms with E-state index in [1.165, 1.54) is 49.6 Å². The Hall–Kier alpha value is -3.91. The van der Waals surface area contributed by atoms with E-state index in [-0.39, 0.29) is 29.2 Å². The van der Waals surface area contributed by atoms with Gasteiger partial charge in [-0.05, 0) is 82.3 Å². The molecule has 0 aliphatic rings. The van der Waals surface area contributed by atoms with Crippen LogP contribution in [0.3, 0.4) is 0 Å². The molecule has 0 radical (unpaired) electrons. The summed E-state index contributed by atoms with van der Waals surface area (Å²) in [6.07, 6.45) is 1.39. The maximum atomic E-state index is 13.4. The van der Waals surface area contributed by atoms with Crippen molar-refractivity contribution in [1.82, 2.24) is 0 Å². The highest BCUT2D eigenvalue weighted by molar-refractivity contribution is 14.1. The quantitative estimate of drug-likeness (QED) is 0.217. The number of carboxylic acids is 1. The summed E-state index contributed by atoms with van der Waals surface area (Å²) >= 11 is 2.04. The fraction of sp³-hybridized carbons (Fsp3) is 0.0800. The topological polar surface area (TPSA) is 109 Å². The highest BCUT2D eigenvalue weighted by Crippen LogP contribution is 2.35.